The number of pyridine rings is 1. The maximum Gasteiger partial charge on any atom is 0.125 e. The highest BCUT2D eigenvalue weighted by Gasteiger charge is 2.09. The van der Waals surface area contributed by atoms with Gasteiger partial charge < -0.3 is 10.1 Å². The van der Waals surface area contributed by atoms with Crippen LogP contribution in [0.4, 0.5) is 5.82 Å². The van der Waals surface area contributed by atoms with Crippen molar-refractivity contribution in [2.75, 3.05) is 11.9 Å². The summed E-state index contributed by atoms with van der Waals surface area (Å²) >= 11 is 0. The van der Waals surface area contributed by atoms with Gasteiger partial charge in [-0.3, -0.25) is 0 Å². The number of rotatable bonds is 4. The summed E-state index contributed by atoms with van der Waals surface area (Å²) in [6, 6.07) is 4.02. The Morgan fingerprint density at radius 3 is 2.53 bits per heavy atom. The first-order chi connectivity index (χ1) is 7.01. The van der Waals surface area contributed by atoms with E-state index in [0.29, 0.717) is 6.61 Å². The van der Waals surface area contributed by atoms with Crippen molar-refractivity contribution in [2.24, 2.45) is 0 Å². The minimum absolute atomic E-state index is 0.0969. The third kappa shape index (κ3) is 4.79. The number of nitrogens with zero attached hydrogens (tertiary/aromatic N) is 1. The predicted octanol–water partition coefficient (Wildman–Crippen LogP) is 2.83. The van der Waals surface area contributed by atoms with Gasteiger partial charge in [-0.2, -0.15) is 0 Å². The van der Waals surface area contributed by atoms with Crippen molar-refractivity contribution in [2.45, 2.75) is 39.9 Å². The molecular formula is C12H20N2O. The Morgan fingerprint density at radius 1 is 1.33 bits per heavy atom. The normalized spacial score (nSPS) is 11.5. The maximum absolute atomic E-state index is 5.65. The summed E-state index contributed by atoms with van der Waals surface area (Å²) in [4.78, 5) is 4.28. The lowest BCUT2D eigenvalue weighted by atomic mass is 10.2. The molecular weight excluding hydrogens is 188 g/mol. The van der Waals surface area contributed by atoms with Gasteiger partial charge in [0.1, 0.15) is 5.82 Å². The van der Waals surface area contributed by atoms with Crippen LogP contribution in [0.2, 0.25) is 0 Å². The minimum atomic E-state index is -0.0969. The monoisotopic (exact) mass is 208 g/mol. The Hall–Kier alpha value is -1.09. The summed E-state index contributed by atoms with van der Waals surface area (Å²) in [5.74, 6) is 0.914. The zero-order chi connectivity index (χ0) is 11.3. The molecule has 0 amide bonds. The van der Waals surface area contributed by atoms with Crippen molar-refractivity contribution in [3.63, 3.8) is 0 Å². The molecule has 0 unspecified atom stereocenters. The Morgan fingerprint density at radius 2 is 2.07 bits per heavy atom. The lowest BCUT2D eigenvalue weighted by molar-refractivity contribution is -0.0150. The molecule has 1 rings (SSSR count). The predicted molar refractivity (Wildman–Crippen MR) is 62.9 cm³/mol. The third-order valence-electron chi connectivity index (χ3n) is 1.85. The average Bonchev–Trinajstić information content (AvgIpc) is 2.16. The highest BCUT2D eigenvalue weighted by molar-refractivity contribution is 5.34. The fraction of sp³-hybridized carbons (Fsp3) is 0.583. The van der Waals surface area contributed by atoms with E-state index in [4.69, 9.17) is 4.74 Å². The van der Waals surface area contributed by atoms with E-state index in [1.54, 1.807) is 0 Å². The van der Waals surface area contributed by atoms with Gasteiger partial charge in [-0.25, -0.2) is 4.98 Å². The van der Waals surface area contributed by atoms with E-state index in [0.717, 1.165) is 17.9 Å². The molecule has 1 aromatic rings. The smallest absolute Gasteiger partial charge is 0.125 e. The highest BCUT2D eigenvalue weighted by atomic mass is 16.5. The van der Waals surface area contributed by atoms with E-state index >= 15 is 0 Å². The molecule has 0 atom stereocenters. The molecule has 0 aliphatic rings. The van der Waals surface area contributed by atoms with Crippen molar-refractivity contribution >= 4 is 5.82 Å². The number of aromatic nitrogens is 1. The Balaban J connectivity index is 2.50. The molecule has 0 aliphatic heterocycles. The lowest BCUT2D eigenvalue weighted by Gasteiger charge is -2.19. The number of nitrogens with one attached hydrogen (secondary N) is 1. The van der Waals surface area contributed by atoms with E-state index in [2.05, 4.69) is 17.2 Å². The highest BCUT2D eigenvalue weighted by Crippen LogP contribution is 2.12. The van der Waals surface area contributed by atoms with Crippen LogP contribution in [0.5, 0.6) is 0 Å². The van der Waals surface area contributed by atoms with E-state index < -0.39 is 0 Å². The summed E-state index contributed by atoms with van der Waals surface area (Å²) in [5.41, 5.74) is 1.01. The van der Waals surface area contributed by atoms with Gasteiger partial charge in [-0.1, -0.05) is 6.07 Å². The topological polar surface area (TPSA) is 34.1 Å². The van der Waals surface area contributed by atoms with Crippen molar-refractivity contribution in [3.8, 4) is 0 Å². The van der Waals surface area contributed by atoms with Crippen LogP contribution in [0, 0.1) is 0 Å². The van der Waals surface area contributed by atoms with Crippen molar-refractivity contribution in [1.82, 2.24) is 4.98 Å². The first kappa shape index (κ1) is 12.0. The average molecular weight is 208 g/mol. The summed E-state index contributed by atoms with van der Waals surface area (Å²) < 4.78 is 5.65. The van der Waals surface area contributed by atoms with Crippen molar-refractivity contribution < 1.29 is 4.74 Å². The summed E-state index contributed by atoms with van der Waals surface area (Å²) in [7, 11) is 0. The number of ether oxygens (including phenoxy) is 1. The molecule has 3 nitrogen and oxygen atoms in total. The van der Waals surface area contributed by atoms with Crippen LogP contribution in [0.3, 0.4) is 0 Å². The van der Waals surface area contributed by atoms with Gasteiger partial charge in [0.2, 0.25) is 0 Å². The minimum Gasteiger partial charge on any atom is -0.371 e. The molecule has 0 radical (unpaired) electrons. The quantitative estimate of drug-likeness (QED) is 0.826. The van der Waals surface area contributed by atoms with E-state index in [-0.39, 0.29) is 5.60 Å². The van der Waals surface area contributed by atoms with Crippen LogP contribution in [-0.2, 0) is 11.3 Å². The van der Waals surface area contributed by atoms with Crippen molar-refractivity contribution in [1.29, 1.82) is 0 Å². The van der Waals surface area contributed by atoms with Crippen LogP contribution in [-0.4, -0.2) is 17.1 Å². The Kier molecular flexibility index (Phi) is 4.09. The second kappa shape index (κ2) is 5.12. The molecule has 84 valence electrons. The molecule has 1 aromatic heterocycles. The van der Waals surface area contributed by atoms with Gasteiger partial charge in [-0.15, -0.1) is 0 Å². The Bertz CT molecular complexity index is 287. The fourth-order valence-corrected chi connectivity index (χ4v) is 1.10. The lowest BCUT2D eigenvalue weighted by Crippen LogP contribution is -2.18. The summed E-state index contributed by atoms with van der Waals surface area (Å²) in [6.45, 7) is 9.71. The number of hydrogen-bond donors (Lipinski definition) is 1. The second-order valence-electron chi connectivity index (χ2n) is 4.48. The first-order valence-corrected chi connectivity index (χ1v) is 5.34. The maximum atomic E-state index is 5.65. The van der Waals surface area contributed by atoms with E-state index in [1.165, 1.54) is 0 Å². The van der Waals surface area contributed by atoms with Gasteiger partial charge in [0.05, 0.1) is 12.2 Å². The third-order valence-corrected chi connectivity index (χ3v) is 1.85. The molecule has 0 saturated heterocycles. The van der Waals surface area contributed by atoms with Crippen molar-refractivity contribution in [3.05, 3.63) is 23.9 Å². The van der Waals surface area contributed by atoms with Crippen LogP contribution in [0.15, 0.2) is 18.3 Å². The molecule has 0 aromatic carbocycles. The van der Waals surface area contributed by atoms with Gasteiger partial charge in [-0.05, 0) is 39.3 Å². The molecule has 0 spiro atoms. The molecule has 15 heavy (non-hydrogen) atoms. The molecule has 1 N–H and O–H groups in total. The fourth-order valence-electron chi connectivity index (χ4n) is 1.10. The second-order valence-corrected chi connectivity index (χ2v) is 4.48. The van der Waals surface area contributed by atoms with Gasteiger partial charge >= 0.3 is 0 Å². The first-order valence-electron chi connectivity index (χ1n) is 5.34. The van der Waals surface area contributed by atoms with Gasteiger partial charge in [0.25, 0.3) is 0 Å². The molecule has 0 aliphatic carbocycles. The molecule has 0 saturated carbocycles. The van der Waals surface area contributed by atoms with E-state index in [9.17, 15) is 0 Å². The summed E-state index contributed by atoms with van der Waals surface area (Å²) in [6.07, 6.45) is 1.85. The van der Waals surface area contributed by atoms with Gasteiger partial charge in [0.15, 0.2) is 0 Å². The molecule has 3 heteroatoms. The zero-order valence-electron chi connectivity index (χ0n) is 10.0. The number of hydrogen-bond acceptors (Lipinski definition) is 3. The molecule has 0 bridgehead atoms. The Labute approximate surface area is 91.9 Å². The van der Waals surface area contributed by atoms with Crippen LogP contribution in [0.1, 0.15) is 33.3 Å². The SMILES string of the molecule is CCNc1ccc(COC(C)(C)C)cn1. The standard InChI is InChI=1S/C12H20N2O/c1-5-13-11-7-6-10(8-14-11)9-15-12(2,3)4/h6-8H,5,9H2,1-4H3,(H,13,14). The zero-order valence-corrected chi connectivity index (χ0v) is 10.0. The molecule has 1 heterocycles. The summed E-state index contributed by atoms with van der Waals surface area (Å²) in [5, 5.41) is 3.16. The van der Waals surface area contributed by atoms with Crippen LogP contribution >= 0.6 is 0 Å². The van der Waals surface area contributed by atoms with E-state index in [1.807, 2.05) is 39.1 Å². The number of anilines is 1. The van der Waals surface area contributed by atoms with Gasteiger partial charge in [0, 0.05) is 12.7 Å². The molecule has 0 fully saturated rings. The van der Waals surface area contributed by atoms with Crippen LogP contribution < -0.4 is 5.32 Å². The van der Waals surface area contributed by atoms with Crippen LogP contribution in [0.25, 0.3) is 0 Å². The largest absolute Gasteiger partial charge is 0.371 e.